The van der Waals surface area contributed by atoms with Gasteiger partial charge >= 0.3 is 0 Å². The largest absolute Gasteiger partial charge is 0.497 e. The summed E-state index contributed by atoms with van der Waals surface area (Å²) < 4.78 is 7.04. The van der Waals surface area contributed by atoms with Gasteiger partial charge < -0.3 is 4.74 Å². The Labute approximate surface area is 132 Å². The second-order valence-corrected chi connectivity index (χ2v) is 4.95. The van der Waals surface area contributed by atoms with E-state index in [1.165, 1.54) is 0 Å². The SMILES string of the molecule is COc1cccc(-c2ccnc3nc(-c4ccncc4)nn23)c1. The molecule has 6 nitrogen and oxygen atoms in total. The lowest BCUT2D eigenvalue weighted by atomic mass is 10.1. The Morgan fingerprint density at radius 2 is 1.83 bits per heavy atom. The van der Waals surface area contributed by atoms with Gasteiger partial charge in [0.1, 0.15) is 5.75 Å². The summed E-state index contributed by atoms with van der Waals surface area (Å²) in [5, 5.41) is 4.59. The number of nitrogens with zero attached hydrogens (tertiary/aromatic N) is 5. The van der Waals surface area contributed by atoms with E-state index in [1.54, 1.807) is 30.2 Å². The molecule has 0 N–H and O–H groups in total. The zero-order chi connectivity index (χ0) is 15.6. The van der Waals surface area contributed by atoms with Gasteiger partial charge in [0.25, 0.3) is 5.78 Å². The fourth-order valence-corrected chi connectivity index (χ4v) is 2.42. The Morgan fingerprint density at radius 3 is 2.65 bits per heavy atom. The van der Waals surface area contributed by atoms with Gasteiger partial charge in [-0.2, -0.15) is 9.50 Å². The van der Waals surface area contributed by atoms with Gasteiger partial charge in [0.05, 0.1) is 12.8 Å². The molecule has 0 radical (unpaired) electrons. The van der Waals surface area contributed by atoms with Crippen molar-refractivity contribution in [3.63, 3.8) is 0 Å². The van der Waals surface area contributed by atoms with Gasteiger partial charge in [0.2, 0.25) is 0 Å². The molecule has 6 heteroatoms. The van der Waals surface area contributed by atoms with Gasteiger partial charge in [-0.1, -0.05) is 12.1 Å². The first-order valence-electron chi connectivity index (χ1n) is 7.12. The van der Waals surface area contributed by atoms with Crippen molar-refractivity contribution in [3.05, 3.63) is 61.1 Å². The number of ether oxygens (including phenoxy) is 1. The van der Waals surface area contributed by atoms with Gasteiger partial charge in [-0.15, -0.1) is 5.10 Å². The Bertz CT molecular complexity index is 965. The second-order valence-electron chi connectivity index (χ2n) is 4.95. The van der Waals surface area contributed by atoms with Crippen molar-refractivity contribution in [2.75, 3.05) is 7.11 Å². The second kappa shape index (κ2) is 5.49. The molecule has 0 spiro atoms. The highest BCUT2D eigenvalue weighted by Gasteiger charge is 2.11. The Kier molecular flexibility index (Phi) is 3.20. The predicted molar refractivity (Wildman–Crippen MR) is 86.0 cm³/mol. The fraction of sp³-hybridized carbons (Fsp3) is 0.0588. The number of hydrogen-bond acceptors (Lipinski definition) is 5. The van der Waals surface area contributed by atoms with Crippen LogP contribution in [0.1, 0.15) is 0 Å². The van der Waals surface area contributed by atoms with Crippen LogP contribution in [0, 0.1) is 0 Å². The summed E-state index contributed by atoms with van der Waals surface area (Å²) in [7, 11) is 1.65. The van der Waals surface area contributed by atoms with Gasteiger partial charge in [0, 0.05) is 29.7 Å². The van der Waals surface area contributed by atoms with Crippen LogP contribution in [0.2, 0.25) is 0 Å². The molecule has 0 fully saturated rings. The van der Waals surface area contributed by atoms with Gasteiger partial charge in [-0.3, -0.25) is 4.98 Å². The zero-order valence-electron chi connectivity index (χ0n) is 12.4. The summed E-state index contributed by atoms with van der Waals surface area (Å²) in [6, 6.07) is 13.5. The third-order valence-corrected chi connectivity index (χ3v) is 3.54. The molecule has 112 valence electrons. The Morgan fingerprint density at radius 1 is 0.957 bits per heavy atom. The van der Waals surface area contributed by atoms with Crippen LogP contribution in [0.5, 0.6) is 5.75 Å². The van der Waals surface area contributed by atoms with Crippen LogP contribution in [0.15, 0.2) is 61.1 Å². The minimum absolute atomic E-state index is 0.553. The van der Waals surface area contributed by atoms with Crippen molar-refractivity contribution in [2.24, 2.45) is 0 Å². The van der Waals surface area contributed by atoms with Crippen molar-refractivity contribution < 1.29 is 4.74 Å². The van der Waals surface area contributed by atoms with Crippen LogP contribution in [0.4, 0.5) is 0 Å². The lowest BCUT2D eigenvalue weighted by Crippen LogP contribution is -1.96. The monoisotopic (exact) mass is 303 g/mol. The van der Waals surface area contributed by atoms with Crippen molar-refractivity contribution in [1.29, 1.82) is 0 Å². The number of benzene rings is 1. The molecule has 0 aliphatic carbocycles. The molecule has 0 atom stereocenters. The van der Waals surface area contributed by atoms with Crippen LogP contribution >= 0.6 is 0 Å². The molecule has 3 aromatic heterocycles. The van der Waals surface area contributed by atoms with E-state index in [9.17, 15) is 0 Å². The molecular weight excluding hydrogens is 290 g/mol. The van der Waals surface area contributed by atoms with Crippen LogP contribution in [0.25, 0.3) is 28.4 Å². The quantitative estimate of drug-likeness (QED) is 0.582. The topological polar surface area (TPSA) is 65.2 Å². The summed E-state index contributed by atoms with van der Waals surface area (Å²) in [6.07, 6.45) is 5.17. The van der Waals surface area contributed by atoms with E-state index in [1.807, 2.05) is 42.5 Å². The number of rotatable bonds is 3. The van der Waals surface area contributed by atoms with Crippen LogP contribution in [-0.2, 0) is 0 Å². The number of fused-ring (bicyclic) bond motifs is 1. The van der Waals surface area contributed by atoms with E-state index in [2.05, 4.69) is 20.1 Å². The molecule has 0 aliphatic heterocycles. The van der Waals surface area contributed by atoms with E-state index < -0.39 is 0 Å². The maximum Gasteiger partial charge on any atom is 0.253 e. The van der Waals surface area contributed by atoms with Crippen LogP contribution in [0.3, 0.4) is 0 Å². The molecule has 0 amide bonds. The number of methoxy groups -OCH3 is 1. The number of aromatic nitrogens is 5. The maximum atomic E-state index is 5.30. The van der Waals surface area contributed by atoms with E-state index in [0.29, 0.717) is 11.6 Å². The molecule has 0 unspecified atom stereocenters. The Balaban J connectivity index is 1.89. The summed E-state index contributed by atoms with van der Waals surface area (Å²) >= 11 is 0. The van der Waals surface area contributed by atoms with Gasteiger partial charge in [-0.25, -0.2) is 4.98 Å². The van der Waals surface area contributed by atoms with Gasteiger partial charge in [-0.05, 0) is 30.3 Å². The van der Waals surface area contributed by atoms with Crippen molar-refractivity contribution in [1.82, 2.24) is 24.6 Å². The first-order valence-corrected chi connectivity index (χ1v) is 7.12. The number of hydrogen-bond donors (Lipinski definition) is 0. The average Bonchev–Trinajstić information content (AvgIpc) is 3.07. The maximum absolute atomic E-state index is 5.30. The molecule has 0 aliphatic rings. The lowest BCUT2D eigenvalue weighted by molar-refractivity contribution is 0.415. The molecule has 4 aromatic rings. The lowest BCUT2D eigenvalue weighted by Gasteiger charge is -2.05. The molecule has 0 saturated heterocycles. The summed E-state index contributed by atoms with van der Waals surface area (Å²) in [6.45, 7) is 0. The highest BCUT2D eigenvalue weighted by Crippen LogP contribution is 2.24. The number of pyridine rings is 1. The molecular formula is C17H13N5O. The third kappa shape index (κ3) is 2.40. The standard InChI is InChI=1S/C17H13N5O/c1-23-14-4-2-3-13(11-14)15-7-10-19-17-20-16(21-22(15)17)12-5-8-18-9-6-12/h2-11H,1H3. The molecule has 0 bridgehead atoms. The first kappa shape index (κ1) is 13.4. The van der Waals surface area contributed by atoms with Crippen LogP contribution in [-0.4, -0.2) is 31.7 Å². The fourth-order valence-electron chi connectivity index (χ4n) is 2.42. The molecule has 0 saturated carbocycles. The third-order valence-electron chi connectivity index (χ3n) is 3.54. The van der Waals surface area contributed by atoms with Gasteiger partial charge in [0.15, 0.2) is 5.82 Å². The predicted octanol–water partition coefficient (Wildman–Crippen LogP) is 2.86. The molecule has 1 aromatic carbocycles. The first-order chi connectivity index (χ1) is 11.3. The van der Waals surface area contributed by atoms with E-state index >= 15 is 0 Å². The summed E-state index contributed by atoms with van der Waals surface area (Å²) in [5.41, 5.74) is 2.80. The average molecular weight is 303 g/mol. The minimum Gasteiger partial charge on any atom is -0.497 e. The molecule has 4 rings (SSSR count). The highest BCUT2D eigenvalue weighted by atomic mass is 16.5. The smallest absolute Gasteiger partial charge is 0.253 e. The van der Waals surface area contributed by atoms with E-state index in [0.717, 1.165) is 22.6 Å². The molecule has 3 heterocycles. The van der Waals surface area contributed by atoms with E-state index in [-0.39, 0.29) is 0 Å². The summed E-state index contributed by atoms with van der Waals surface area (Å²) in [5.74, 6) is 1.97. The van der Waals surface area contributed by atoms with Crippen LogP contribution < -0.4 is 4.74 Å². The van der Waals surface area contributed by atoms with E-state index in [4.69, 9.17) is 4.74 Å². The summed E-state index contributed by atoms with van der Waals surface area (Å²) in [4.78, 5) is 12.8. The van der Waals surface area contributed by atoms with Crippen molar-refractivity contribution >= 4 is 5.78 Å². The van der Waals surface area contributed by atoms with Crippen molar-refractivity contribution in [3.8, 4) is 28.4 Å². The highest BCUT2D eigenvalue weighted by molar-refractivity contribution is 5.65. The van der Waals surface area contributed by atoms with Crippen molar-refractivity contribution in [2.45, 2.75) is 0 Å². The molecule has 23 heavy (non-hydrogen) atoms. The zero-order valence-corrected chi connectivity index (χ0v) is 12.4. The minimum atomic E-state index is 0.553. The normalized spacial score (nSPS) is 10.8. The Hall–Kier alpha value is -3.28.